The van der Waals surface area contributed by atoms with Crippen LogP contribution in [-0.2, 0) is 6.54 Å². The van der Waals surface area contributed by atoms with Gasteiger partial charge in [-0.1, -0.05) is 12.1 Å². The summed E-state index contributed by atoms with van der Waals surface area (Å²) in [6.45, 7) is 1.32. The molecule has 0 saturated carbocycles. The lowest BCUT2D eigenvalue weighted by Crippen LogP contribution is -2.22. The van der Waals surface area contributed by atoms with Crippen LogP contribution in [-0.4, -0.2) is 11.1 Å². The predicted molar refractivity (Wildman–Crippen MR) is 81.0 cm³/mol. The smallest absolute Gasteiger partial charge is 0.250 e. The molecule has 0 saturated heterocycles. The van der Waals surface area contributed by atoms with Crippen molar-refractivity contribution in [2.75, 3.05) is 11.9 Å². The highest BCUT2D eigenvalue weighted by molar-refractivity contribution is 9.11. The molecule has 1 N–H and O–H groups in total. The van der Waals surface area contributed by atoms with Crippen LogP contribution in [0.2, 0.25) is 0 Å². The van der Waals surface area contributed by atoms with Crippen molar-refractivity contribution in [3.8, 4) is 0 Å². The van der Waals surface area contributed by atoms with Crippen LogP contribution in [0.25, 0.3) is 0 Å². The maximum absolute atomic E-state index is 11.5. The summed E-state index contributed by atoms with van der Waals surface area (Å²) in [6, 6.07) is 11.1. The molecule has 1 aromatic carbocycles. The van der Waals surface area contributed by atoms with Crippen LogP contribution in [0.5, 0.6) is 0 Å². The summed E-state index contributed by atoms with van der Waals surface area (Å²) in [5.41, 5.74) is 1.02. The summed E-state index contributed by atoms with van der Waals surface area (Å²) in [6.07, 6.45) is 1.79. The van der Waals surface area contributed by atoms with E-state index in [1.807, 2.05) is 24.3 Å². The van der Waals surface area contributed by atoms with Gasteiger partial charge in [0.2, 0.25) is 0 Å². The summed E-state index contributed by atoms with van der Waals surface area (Å²) in [5.74, 6) is 0. The Morgan fingerprint density at radius 2 is 1.78 bits per heavy atom. The van der Waals surface area contributed by atoms with Crippen molar-refractivity contribution in [2.24, 2.45) is 0 Å². The quantitative estimate of drug-likeness (QED) is 0.892. The number of benzene rings is 1. The van der Waals surface area contributed by atoms with Gasteiger partial charge in [0, 0.05) is 34.3 Å². The molecule has 18 heavy (non-hydrogen) atoms. The molecule has 0 fully saturated rings. The van der Waals surface area contributed by atoms with E-state index < -0.39 is 0 Å². The molecule has 1 aromatic heterocycles. The minimum atomic E-state index is 0.0190. The Kier molecular flexibility index (Phi) is 4.60. The number of hydrogen-bond acceptors (Lipinski definition) is 2. The van der Waals surface area contributed by atoms with Gasteiger partial charge < -0.3 is 9.88 Å². The second kappa shape index (κ2) is 6.20. The second-order valence-electron chi connectivity index (χ2n) is 3.76. The fourth-order valence-electron chi connectivity index (χ4n) is 1.61. The van der Waals surface area contributed by atoms with E-state index in [1.165, 1.54) is 0 Å². The summed E-state index contributed by atoms with van der Waals surface area (Å²) in [5, 5.41) is 3.30. The van der Waals surface area contributed by atoms with E-state index in [4.69, 9.17) is 0 Å². The predicted octanol–water partition coefficient (Wildman–Crippen LogP) is 3.49. The van der Waals surface area contributed by atoms with Crippen LogP contribution in [0.4, 0.5) is 5.69 Å². The lowest BCUT2D eigenvalue weighted by Gasteiger charge is -2.11. The van der Waals surface area contributed by atoms with Crippen molar-refractivity contribution in [3.63, 3.8) is 0 Å². The minimum Gasteiger partial charge on any atom is -0.381 e. The molecule has 5 heteroatoms. The third kappa shape index (κ3) is 3.23. The van der Waals surface area contributed by atoms with Crippen LogP contribution in [0, 0.1) is 0 Å². The Labute approximate surface area is 122 Å². The number of aromatic nitrogens is 1. The molecule has 3 nitrogen and oxygen atoms in total. The summed E-state index contributed by atoms with van der Waals surface area (Å²) in [7, 11) is 0. The molecule has 94 valence electrons. The number of anilines is 1. The Morgan fingerprint density at radius 1 is 1.06 bits per heavy atom. The average Bonchev–Trinajstić information content (AvgIpc) is 2.35. The molecule has 2 rings (SSSR count). The molecule has 0 radical (unpaired) electrons. The molecule has 2 aromatic rings. The number of nitrogens with one attached hydrogen (secondary N) is 1. The van der Waals surface area contributed by atoms with Crippen LogP contribution in [0.15, 0.2) is 56.3 Å². The molecule has 1 heterocycles. The number of hydrogen-bond donors (Lipinski definition) is 1. The summed E-state index contributed by atoms with van der Waals surface area (Å²) < 4.78 is 3.67. The highest BCUT2D eigenvalue weighted by Gasteiger charge is 2.03. The maximum Gasteiger partial charge on any atom is 0.250 e. The summed E-state index contributed by atoms with van der Waals surface area (Å²) >= 11 is 6.97. The highest BCUT2D eigenvalue weighted by atomic mass is 79.9. The first-order chi connectivity index (χ1) is 8.68. The van der Waals surface area contributed by atoms with Gasteiger partial charge in [0.1, 0.15) is 0 Å². The van der Waals surface area contributed by atoms with Crippen molar-refractivity contribution >= 4 is 37.5 Å². The van der Waals surface area contributed by atoms with Gasteiger partial charge in [-0.2, -0.15) is 0 Å². The molecule has 0 amide bonds. The largest absolute Gasteiger partial charge is 0.381 e. The number of pyridine rings is 1. The van der Waals surface area contributed by atoms with E-state index in [9.17, 15) is 4.79 Å². The van der Waals surface area contributed by atoms with E-state index in [2.05, 4.69) is 37.2 Å². The SMILES string of the molecule is O=c1ccccn1CCNc1c(Br)cccc1Br. The topological polar surface area (TPSA) is 34.0 Å². The van der Waals surface area contributed by atoms with Gasteiger partial charge in [0.15, 0.2) is 0 Å². The number of nitrogens with zero attached hydrogens (tertiary/aromatic N) is 1. The van der Waals surface area contributed by atoms with Gasteiger partial charge >= 0.3 is 0 Å². The van der Waals surface area contributed by atoms with Crippen LogP contribution in [0.1, 0.15) is 0 Å². The average molecular weight is 372 g/mol. The molecular formula is C13H12Br2N2O. The van der Waals surface area contributed by atoms with Gasteiger partial charge in [-0.05, 0) is 50.1 Å². The lowest BCUT2D eigenvalue weighted by molar-refractivity contribution is 0.697. The van der Waals surface area contributed by atoms with E-state index in [0.717, 1.165) is 14.6 Å². The molecule has 0 aliphatic rings. The Bertz CT molecular complexity index is 575. The number of rotatable bonds is 4. The zero-order chi connectivity index (χ0) is 13.0. The zero-order valence-corrected chi connectivity index (χ0v) is 12.7. The first-order valence-corrected chi connectivity index (χ1v) is 7.10. The molecular weight excluding hydrogens is 360 g/mol. The fraction of sp³-hybridized carbons (Fsp3) is 0.154. The van der Waals surface area contributed by atoms with Crippen LogP contribution in [0.3, 0.4) is 0 Å². The van der Waals surface area contributed by atoms with E-state index in [0.29, 0.717) is 13.1 Å². The third-order valence-electron chi connectivity index (χ3n) is 2.52. The minimum absolute atomic E-state index is 0.0190. The van der Waals surface area contributed by atoms with E-state index in [1.54, 1.807) is 22.9 Å². The normalized spacial score (nSPS) is 10.3. The van der Waals surface area contributed by atoms with E-state index >= 15 is 0 Å². The molecule has 0 aliphatic heterocycles. The molecule has 0 spiro atoms. The van der Waals surface area contributed by atoms with E-state index in [-0.39, 0.29) is 5.56 Å². The number of halogens is 2. The van der Waals surface area contributed by atoms with Crippen LogP contribution < -0.4 is 10.9 Å². The van der Waals surface area contributed by atoms with Crippen molar-refractivity contribution in [2.45, 2.75) is 6.54 Å². The van der Waals surface area contributed by atoms with Crippen LogP contribution >= 0.6 is 31.9 Å². The Morgan fingerprint density at radius 3 is 2.44 bits per heavy atom. The molecule has 0 bridgehead atoms. The Balaban J connectivity index is 2.01. The second-order valence-corrected chi connectivity index (χ2v) is 5.46. The van der Waals surface area contributed by atoms with Gasteiger partial charge in [-0.25, -0.2) is 0 Å². The van der Waals surface area contributed by atoms with Gasteiger partial charge in [0.25, 0.3) is 5.56 Å². The first-order valence-electron chi connectivity index (χ1n) is 5.52. The van der Waals surface area contributed by atoms with Gasteiger partial charge in [0.05, 0.1) is 5.69 Å². The zero-order valence-electron chi connectivity index (χ0n) is 9.57. The molecule has 0 atom stereocenters. The van der Waals surface area contributed by atoms with Crippen molar-refractivity contribution < 1.29 is 0 Å². The lowest BCUT2D eigenvalue weighted by atomic mass is 10.3. The summed E-state index contributed by atoms with van der Waals surface area (Å²) in [4.78, 5) is 11.5. The molecule has 0 aliphatic carbocycles. The fourth-order valence-corrected chi connectivity index (χ4v) is 2.89. The van der Waals surface area contributed by atoms with Crippen molar-refractivity contribution in [1.29, 1.82) is 0 Å². The maximum atomic E-state index is 11.5. The van der Waals surface area contributed by atoms with Gasteiger partial charge in [-0.15, -0.1) is 0 Å². The standard InChI is InChI=1S/C13H12Br2N2O/c14-10-4-3-5-11(15)13(10)16-7-9-17-8-2-1-6-12(17)18/h1-6,8,16H,7,9H2. The third-order valence-corrected chi connectivity index (χ3v) is 3.84. The monoisotopic (exact) mass is 370 g/mol. The first kappa shape index (κ1) is 13.4. The highest BCUT2D eigenvalue weighted by Crippen LogP contribution is 2.30. The Hall–Kier alpha value is -1.07. The number of para-hydroxylation sites is 1. The van der Waals surface area contributed by atoms with Crippen molar-refractivity contribution in [1.82, 2.24) is 4.57 Å². The molecule has 0 unspecified atom stereocenters. The van der Waals surface area contributed by atoms with Gasteiger partial charge in [-0.3, -0.25) is 4.79 Å². The van der Waals surface area contributed by atoms with Crippen molar-refractivity contribution in [3.05, 3.63) is 61.9 Å².